The minimum atomic E-state index is 0.764. The third-order valence-electron chi connectivity index (χ3n) is 1.76. The normalized spacial score (nSPS) is 10.1. The number of hydrogen-bond donors (Lipinski definition) is 0. The lowest BCUT2D eigenvalue weighted by Crippen LogP contribution is -1.82. The molecule has 2 heteroatoms. The van der Waals surface area contributed by atoms with Gasteiger partial charge in [0.2, 0.25) is 0 Å². The molecule has 12 heavy (non-hydrogen) atoms. The molecule has 0 saturated carbocycles. The molecule has 1 aromatic heterocycles. The molecular formula is C10H8NO. The van der Waals surface area contributed by atoms with Crippen molar-refractivity contribution in [2.24, 2.45) is 0 Å². The first kappa shape index (κ1) is 7.10. The molecule has 0 atom stereocenters. The van der Waals surface area contributed by atoms with E-state index in [1.54, 1.807) is 6.20 Å². The Morgan fingerprint density at radius 2 is 2.08 bits per heavy atom. The fourth-order valence-electron chi connectivity index (χ4n) is 1.20. The van der Waals surface area contributed by atoms with Crippen LogP contribution in [0.3, 0.4) is 0 Å². The van der Waals surface area contributed by atoms with Gasteiger partial charge in [-0.15, -0.1) is 0 Å². The number of hydrogen-bond acceptors (Lipinski definition) is 2. The van der Waals surface area contributed by atoms with E-state index in [1.165, 1.54) is 0 Å². The van der Waals surface area contributed by atoms with Crippen LogP contribution in [-0.2, 0) is 0 Å². The third-order valence-corrected chi connectivity index (χ3v) is 1.76. The van der Waals surface area contributed by atoms with E-state index in [0.29, 0.717) is 0 Å². The zero-order valence-electron chi connectivity index (χ0n) is 6.53. The minimum absolute atomic E-state index is 0.764. The van der Waals surface area contributed by atoms with E-state index in [-0.39, 0.29) is 0 Å². The average Bonchev–Trinajstić information content (AvgIpc) is 2.17. The number of ether oxygens (including phenoxy) is 1. The molecule has 0 bridgehead atoms. The van der Waals surface area contributed by atoms with Crippen LogP contribution >= 0.6 is 0 Å². The van der Waals surface area contributed by atoms with Gasteiger partial charge in [-0.2, -0.15) is 0 Å². The predicted octanol–water partition coefficient (Wildman–Crippen LogP) is 2.41. The second kappa shape index (κ2) is 2.81. The molecule has 0 aliphatic rings. The van der Waals surface area contributed by atoms with Crippen molar-refractivity contribution >= 4 is 10.9 Å². The molecule has 0 aliphatic heterocycles. The molecule has 1 radical (unpaired) electrons. The summed E-state index contributed by atoms with van der Waals surface area (Å²) in [4.78, 5) is 4.18. The molecule has 0 amide bonds. The van der Waals surface area contributed by atoms with E-state index in [2.05, 4.69) is 12.1 Å². The molecule has 2 aromatic rings. The maximum absolute atomic E-state index is 4.94. The van der Waals surface area contributed by atoms with Crippen LogP contribution in [-0.4, -0.2) is 4.98 Å². The highest BCUT2D eigenvalue weighted by Crippen LogP contribution is 2.22. The zero-order chi connectivity index (χ0) is 8.39. The maximum Gasteiger partial charge on any atom is 0.128 e. The van der Waals surface area contributed by atoms with Crippen LogP contribution in [0.15, 0.2) is 36.5 Å². The lowest BCUT2D eigenvalue weighted by atomic mass is 10.2. The minimum Gasteiger partial charge on any atom is -0.489 e. The van der Waals surface area contributed by atoms with Gasteiger partial charge in [-0.25, -0.2) is 0 Å². The summed E-state index contributed by atoms with van der Waals surface area (Å²) in [6.45, 7) is 0. The van der Waals surface area contributed by atoms with Crippen LogP contribution in [0.1, 0.15) is 0 Å². The number of benzene rings is 1. The highest BCUT2D eigenvalue weighted by molar-refractivity contribution is 5.84. The molecule has 0 unspecified atom stereocenters. The summed E-state index contributed by atoms with van der Waals surface area (Å²) in [5, 5.41) is 0.995. The standard InChI is InChI=1S/C10H8NO/c1-12-10-6-2-5-9-8(10)4-3-7-11-9/h2-7H,1H2. The zero-order valence-corrected chi connectivity index (χ0v) is 6.53. The van der Waals surface area contributed by atoms with Crippen molar-refractivity contribution in [3.8, 4) is 5.75 Å². The molecule has 1 heterocycles. The molecule has 1 aromatic carbocycles. The molecule has 2 rings (SSSR count). The summed E-state index contributed by atoms with van der Waals surface area (Å²) in [7, 11) is 3.38. The molecule has 0 N–H and O–H groups in total. The Bertz CT molecular complexity index is 392. The van der Waals surface area contributed by atoms with Crippen molar-refractivity contribution in [3.63, 3.8) is 0 Å². The molecule has 0 spiro atoms. The van der Waals surface area contributed by atoms with E-state index in [1.807, 2.05) is 30.3 Å². The number of pyridine rings is 1. The van der Waals surface area contributed by atoms with Crippen molar-refractivity contribution in [1.82, 2.24) is 4.98 Å². The molecule has 59 valence electrons. The van der Waals surface area contributed by atoms with Gasteiger partial charge in [-0.3, -0.25) is 4.98 Å². The van der Waals surface area contributed by atoms with Gasteiger partial charge in [0.1, 0.15) is 12.9 Å². The molecular weight excluding hydrogens is 150 g/mol. The number of aromatic nitrogens is 1. The Kier molecular flexibility index (Phi) is 1.67. The van der Waals surface area contributed by atoms with Gasteiger partial charge in [0.05, 0.1) is 5.52 Å². The monoisotopic (exact) mass is 158 g/mol. The molecule has 0 fully saturated rings. The van der Waals surface area contributed by atoms with Gasteiger partial charge in [0, 0.05) is 11.6 Å². The first-order chi connectivity index (χ1) is 5.92. The van der Waals surface area contributed by atoms with Crippen LogP contribution in [0.25, 0.3) is 10.9 Å². The largest absolute Gasteiger partial charge is 0.489 e. The molecule has 2 nitrogen and oxygen atoms in total. The summed E-state index contributed by atoms with van der Waals surface area (Å²) in [5.41, 5.74) is 0.929. The van der Waals surface area contributed by atoms with E-state index < -0.39 is 0 Å². The SMILES string of the molecule is [CH2]Oc1cccc2ncccc12. The van der Waals surface area contributed by atoms with Crippen LogP contribution in [0.4, 0.5) is 0 Å². The van der Waals surface area contributed by atoms with Crippen molar-refractivity contribution < 1.29 is 4.74 Å². The number of nitrogens with zero attached hydrogens (tertiary/aromatic N) is 1. The number of fused-ring (bicyclic) bond motifs is 1. The first-order valence-corrected chi connectivity index (χ1v) is 3.67. The van der Waals surface area contributed by atoms with Gasteiger partial charge in [0.15, 0.2) is 0 Å². The van der Waals surface area contributed by atoms with Crippen LogP contribution < -0.4 is 4.74 Å². The van der Waals surface area contributed by atoms with E-state index in [4.69, 9.17) is 4.74 Å². The second-order valence-corrected chi connectivity index (χ2v) is 2.47. The van der Waals surface area contributed by atoms with Gasteiger partial charge >= 0.3 is 0 Å². The number of rotatable bonds is 1. The Morgan fingerprint density at radius 3 is 2.92 bits per heavy atom. The second-order valence-electron chi connectivity index (χ2n) is 2.47. The summed E-state index contributed by atoms with van der Waals surface area (Å²) < 4.78 is 4.94. The van der Waals surface area contributed by atoms with E-state index in [0.717, 1.165) is 16.7 Å². The van der Waals surface area contributed by atoms with E-state index in [9.17, 15) is 0 Å². The molecule has 0 saturated heterocycles. The van der Waals surface area contributed by atoms with Gasteiger partial charge in [0.25, 0.3) is 0 Å². The first-order valence-electron chi connectivity index (χ1n) is 3.67. The van der Waals surface area contributed by atoms with Crippen LogP contribution in [0, 0.1) is 7.11 Å². The summed E-state index contributed by atoms with van der Waals surface area (Å²) in [6.07, 6.45) is 1.76. The fourth-order valence-corrected chi connectivity index (χ4v) is 1.20. The Hall–Kier alpha value is -1.57. The van der Waals surface area contributed by atoms with Crippen molar-refractivity contribution in [2.75, 3.05) is 0 Å². The fraction of sp³-hybridized carbons (Fsp3) is 0. The summed E-state index contributed by atoms with van der Waals surface area (Å²) in [6, 6.07) is 9.55. The van der Waals surface area contributed by atoms with Crippen LogP contribution in [0.5, 0.6) is 5.75 Å². The maximum atomic E-state index is 4.94. The van der Waals surface area contributed by atoms with Crippen molar-refractivity contribution in [1.29, 1.82) is 0 Å². The Balaban J connectivity index is 2.79. The highest BCUT2D eigenvalue weighted by atomic mass is 16.5. The van der Waals surface area contributed by atoms with Crippen molar-refractivity contribution in [2.45, 2.75) is 0 Å². The van der Waals surface area contributed by atoms with Gasteiger partial charge < -0.3 is 4.74 Å². The lowest BCUT2D eigenvalue weighted by molar-refractivity contribution is 0.478. The van der Waals surface area contributed by atoms with Crippen LogP contribution in [0.2, 0.25) is 0 Å². The summed E-state index contributed by atoms with van der Waals surface area (Å²) in [5.74, 6) is 0.764. The smallest absolute Gasteiger partial charge is 0.128 e. The quantitative estimate of drug-likeness (QED) is 0.635. The third kappa shape index (κ3) is 1.01. The van der Waals surface area contributed by atoms with Gasteiger partial charge in [-0.1, -0.05) is 6.07 Å². The highest BCUT2D eigenvalue weighted by Gasteiger charge is 1.98. The lowest BCUT2D eigenvalue weighted by Gasteiger charge is -2.02. The van der Waals surface area contributed by atoms with E-state index >= 15 is 0 Å². The Labute approximate surface area is 70.8 Å². The summed E-state index contributed by atoms with van der Waals surface area (Å²) >= 11 is 0. The predicted molar refractivity (Wildman–Crippen MR) is 47.7 cm³/mol. The average molecular weight is 158 g/mol. The molecule has 0 aliphatic carbocycles. The van der Waals surface area contributed by atoms with Crippen molar-refractivity contribution in [3.05, 3.63) is 43.6 Å². The van der Waals surface area contributed by atoms with Gasteiger partial charge in [-0.05, 0) is 24.3 Å². The Morgan fingerprint density at radius 1 is 1.17 bits per heavy atom. The topological polar surface area (TPSA) is 22.1 Å².